The molecule has 1 unspecified atom stereocenters. The molecule has 1 amide bonds. The average Bonchev–Trinajstić information content (AvgIpc) is 3.06. The molecule has 6 nitrogen and oxygen atoms in total. The number of hydrogen-bond acceptors (Lipinski definition) is 5. The van der Waals surface area contributed by atoms with Gasteiger partial charge in [0.05, 0.1) is 10.9 Å². The first-order valence-electron chi connectivity index (χ1n) is 8.87. The van der Waals surface area contributed by atoms with Gasteiger partial charge in [0.1, 0.15) is 0 Å². The van der Waals surface area contributed by atoms with Crippen molar-refractivity contribution in [1.82, 2.24) is 25.5 Å². The van der Waals surface area contributed by atoms with Gasteiger partial charge in [-0.3, -0.25) is 4.79 Å². The summed E-state index contributed by atoms with van der Waals surface area (Å²) in [4.78, 5) is 12.5. The van der Waals surface area contributed by atoms with Gasteiger partial charge in [-0.15, -0.1) is 5.10 Å². The van der Waals surface area contributed by atoms with Crippen LogP contribution in [0.15, 0.2) is 23.4 Å². The minimum atomic E-state index is -0.238. The molecule has 25 heavy (non-hydrogen) atoms. The van der Waals surface area contributed by atoms with Gasteiger partial charge >= 0.3 is 0 Å². The van der Waals surface area contributed by atoms with Crippen LogP contribution in [-0.2, 0) is 4.79 Å². The molecule has 1 fully saturated rings. The molecule has 0 radical (unpaired) electrons. The number of carbonyl (C=O) groups excluding carboxylic acids is 1. The second-order valence-corrected chi connectivity index (χ2v) is 8.05. The minimum absolute atomic E-state index is 0.0616. The molecule has 1 heterocycles. The maximum absolute atomic E-state index is 12.5. The van der Waals surface area contributed by atoms with Crippen molar-refractivity contribution >= 4 is 17.7 Å². The Kier molecular flexibility index (Phi) is 5.73. The summed E-state index contributed by atoms with van der Waals surface area (Å²) in [6.45, 7) is 6.05. The van der Waals surface area contributed by atoms with Crippen molar-refractivity contribution < 1.29 is 4.79 Å². The highest BCUT2D eigenvalue weighted by Gasteiger charge is 2.22. The van der Waals surface area contributed by atoms with Crippen molar-refractivity contribution in [3.05, 3.63) is 29.3 Å². The zero-order chi connectivity index (χ0) is 17.8. The molecule has 2 aromatic rings. The second kappa shape index (κ2) is 7.99. The van der Waals surface area contributed by atoms with Gasteiger partial charge in [-0.1, -0.05) is 37.1 Å². The van der Waals surface area contributed by atoms with Crippen LogP contribution in [0.4, 0.5) is 0 Å². The van der Waals surface area contributed by atoms with Gasteiger partial charge in [0.15, 0.2) is 0 Å². The van der Waals surface area contributed by atoms with Crippen LogP contribution in [0.25, 0.3) is 5.69 Å². The van der Waals surface area contributed by atoms with Crippen molar-refractivity contribution in [2.24, 2.45) is 0 Å². The Morgan fingerprint density at radius 1 is 1.24 bits per heavy atom. The highest BCUT2D eigenvalue weighted by atomic mass is 32.2. The van der Waals surface area contributed by atoms with Crippen LogP contribution in [0.1, 0.15) is 50.2 Å². The normalized spacial score (nSPS) is 16.6. The number of hydrogen-bond donors (Lipinski definition) is 1. The summed E-state index contributed by atoms with van der Waals surface area (Å²) in [6.07, 6.45) is 5.86. The summed E-state index contributed by atoms with van der Waals surface area (Å²) in [6, 6.07) is 6.43. The fourth-order valence-electron chi connectivity index (χ4n) is 3.05. The third kappa shape index (κ3) is 4.39. The summed E-state index contributed by atoms with van der Waals surface area (Å²) in [7, 11) is 0. The number of benzene rings is 1. The summed E-state index contributed by atoms with van der Waals surface area (Å²) in [5, 5.41) is 15.5. The number of nitrogens with one attached hydrogen (secondary N) is 1. The van der Waals surface area contributed by atoms with Crippen molar-refractivity contribution in [3.63, 3.8) is 0 Å². The Morgan fingerprint density at radius 2 is 2.00 bits per heavy atom. The number of amides is 1. The lowest BCUT2D eigenvalue weighted by Gasteiger charge is -2.24. The van der Waals surface area contributed by atoms with E-state index >= 15 is 0 Å². The van der Waals surface area contributed by atoms with Crippen molar-refractivity contribution in [2.45, 2.75) is 69.3 Å². The first-order valence-corrected chi connectivity index (χ1v) is 9.75. The van der Waals surface area contributed by atoms with Gasteiger partial charge in [0.25, 0.3) is 0 Å². The Balaban J connectivity index is 1.67. The third-order valence-corrected chi connectivity index (χ3v) is 5.81. The average molecular weight is 359 g/mol. The zero-order valence-electron chi connectivity index (χ0n) is 15.0. The van der Waals surface area contributed by atoms with Crippen LogP contribution in [0.3, 0.4) is 0 Å². The van der Waals surface area contributed by atoms with Crippen molar-refractivity contribution in [3.8, 4) is 5.69 Å². The van der Waals surface area contributed by atoms with E-state index in [1.807, 2.05) is 13.0 Å². The van der Waals surface area contributed by atoms with Gasteiger partial charge in [-0.25, -0.2) is 0 Å². The maximum atomic E-state index is 12.5. The monoisotopic (exact) mass is 359 g/mol. The van der Waals surface area contributed by atoms with E-state index < -0.39 is 0 Å². The number of aryl methyl sites for hydroxylation is 2. The maximum Gasteiger partial charge on any atom is 0.233 e. The fourth-order valence-corrected chi connectivity index (χ4v) is 3.87. The van der Waals surface area contributed by atoms with Crippen LogP contribution in [0, 0.1) is 13.8 Å². The van der Waals surface area contributed by atoms with Crippen LogP contribution in [0.5, 0.6) is 0 Å². The topological polar surface area (TPSA) is 72.7 Å². The molecule has 0 spiro atoms. The molecule has 1 aliphatic rings. The number of aromatic nitrogens is 4. The highest BCUT2D eigenvalue weighted by molar-refractivity contribution is 8.00. The van der Waals surface area contributed by atoms with Gasteiger partial charge < -0.3 is 5.32 Å². The smallest absolute Gasteiger partial charge is 0.233 e. The lowest BCUT2D eigenvalue weighted by atomic mass is 9.95. The van der Waals surface area contributed by atoms with Crippen LogP contribution < -0.4 is 5.32 Å². The first kappa shape index (κ1) is 17.9. The number of carbonyl (C=O) groups is 1. The van der Waals surface area contributed by atoms with E-state index in [4.69, 9.17) is 0 Å². The summed E-state index contributed by atoms with van der Waals surface area (Å²) in [5.74, 6) is 0.0616. The standard InChI is InChI=1S/C18H25N5OS/c1-12-9-10-16(11-13(12)2)23-18(20-21-22-23)25-14(3)17(24)19-15-7-5-4-6-8-15/h9-11,14-15H,4-8H2,1-3H3,(H,19,24). The fraction of sp³-hybridized carbons (Fsp3) is 0.556. The Bertz CT molecular complexity index is 739. The number of nitrogens with zero attached hydrogens (tertiary/aromatic N) is 4. The third-order valence-electron chi connectivity index (χ3n) is 4.78. The van der Waals surface area contributed by atoms with Crippen LogP contribution in [0.2, 0.25) is 0 Å². The molecule has 1 saturated carbocycles. The van der Waals surface area contributed by atoms with Gasteiger partial charge in [-0.2, -0.15) is 4.68 Å². The zero-order valence-corrected chi connectivity index (χ0v) is 15.8. The van der Waals surface area contributed by atoms with E-state index in [9.17, 15) is 4.79 Å². The molecule has 1 atom stereocenters. The second-order valence-electron chi connectivity index (χ2n) is 6.75. The lowest BCUT2D eigenvalue weighted by Crippen LogP contribution is -2.40. The number of thioether (sulfide) groups is 1. The van der Waals surface area contributed by atoms with Crippen molar-refractivity contribution in [2.75, 3.05) is 0 Å². The summed E-state index contributed by atoms with van der Waals surface area (Å²) in [5.41, 5.74) is 3.33. The molecule has 3 rings (SSSR count). The Labute approximate surface area is 152 Å². The molecule has 7 heteroatoms. The molecular formula is C18H25N5OS. The molecule has 1 aromatic heterocycles. The predicted octanol–water partition coefficient (Wildman–Crippen LogP) is 3.21. The molecule has 1 aromatic carbocycles. The van der Waals surface area contributed by atoms with E-state index in [1.54, 1.807) is 4.68 Å². The molecule has 1 N–H and O–H groups in total. The molecule has 134 valence electrons. The van der Waals surface area contributed by atoms with E-state index in [0.717, 1.165) is 18.5 Å². The summed E-state index contributed by atoms with van der Waals surface area (Å²) < 4.78 is 1.70. The van der Waals surface area contributed by atoms with Crippen molar-refractivity contribution in [1.29, 1.82) is 0 Å². The summed E-state index contributed by atoms with van der Waals surface area (Å²) >= 11 is 1.39. The molecule has 1 aliphatic carbocycles. The first-order chi connectivity index (χ1) is 12.0. The molecule has 0 saturated heterocycles. The van der Waals surface area contributed by atoms with Gasteiger partial charge in [0.2, 0.25) is 11.1 Å². The van der Waals surface area contributed by atoms with E-state index in [0.29, 0.717) is 11.2 Å². The van der Waals surface area contributed by atoms with Crippen LogP contribution in [-0.4, -0.2) is 37.4 Å². The van der Waals surface area contributed by atoms with Crippen LogP contribution >= 0.6 is 11.8 Å². The molecule has 0 aliphatic heterocycles. The minimum Gasteiger partial charge on any atom is -0.352 e. The Morgan fingerprint density at radius 3 is 2.72 bits per heavy atom. The Hall–Kier alpha value is -1.89. The van der Waals surface area contributed by atoms with Gasteiger partial charge in [-0.05, 0) is 67.3 Å². The largest absolute Gasteiger partial charge is 0.352 e. The quantitative estimate of drug-likeness (QED) is 0.830. The number of rotatable bonds is 5. The van der Waals surface area contributed by atoms with E-state index in [1.165, 1.54) is 42.2 Å². The van der Waals surface area contributed by atoms with E-state index in [-0.39, 0.29) is 11.2 Å². The van der Waals surface area contributed by atoms with Gasteiger partial charge in [0, 0.05) is 6.04 Å². The highest BCUT2D eigenvalue weighted by Crippen LogP contribution is 2.25. The molecule has 0 bridgehead atoms. The lowest BCUT2D eigenvalue weighted by molar-refractivity contribution is -0.121. The van der Waals surface area contributed by atoms with E-state index in [2.05, 4.69) is 46.8 Å². The number of tetrazole rings is 1. The SMILES string of the molecule is Cc1ccc(-n2nnnc2SC(C)C(=O)NC2CCCCC2)cc1C. The molecular weight excluding hydrogens is 334 g/mol. The predicted molar refractivity (Wildman–Crippen MR) is 99.0 cm³/mol.